The van der Waals surface area contributed by atoms with Crippen LogP contribution in [0.2, 0.25) is 0 Å². The number of hydrogen-bond acceptors (Lipinski definition) is 3. The van der Waals surface area contributed by atoms with E-state index in [1.165, 1.54) is 0 Å². The highest BCUT2D eigenvalue weighted by Crippen LogP contribution is 2.19. The molecule has 0 bridgehead atoms. The van der Waals surface area contributed by atoms with Gasteiger partial charge in [0.25, 0.3) is 0 Å². The standard InChI is InChI=1S/C9H16N2O/c1-6(2)9-8(4-5-10)12-7(3)11-9/h6H,4-5,10H2,1-3H3. The van der Waals surface area contributed by atoms with Gasteiger partial charge in [-0.05, 0) is 12.5 Å². The summed E-state index contributed by atoms with van der Waals surface area (Å²) >= 11 is 0. The second kappa shape index (κ2) is 3.72. The quantitative estimate of drug-likeness (QED) is 0.746. The monoisotopic (exact) mass is 168 g/mol. The Balaban J connectivity index is 2.92. The Morgan fingerprint density at radius 1 is 1.50 bits per heavy atom. The average molecular weight is 168 g/mol. The molecule has 0 fully saturated rings. The van der Waals surface area contributed by atoms with Crippen LogP contribution < -0.4 is 5.73 Å². The van der Waals surface area contributed by atoms with Crippen LogP contribution in [0.4, 0.5) is 0 Å². The number of aryl methyl sites for hydroxylation is 1. The van der Waals surface area contributed by atoms with E-state index in [1.54, 1.807) is 0 Å². The van der Waals surface area contributed by atoms with Crippen molar-refractivity contribution < 1.29 is 4.42 Å². The smallest absolute Gasteiger partial charge is 0.191 e. The number of nitrogens with zero attached hydrogens (tertiary/aromatic N) is 1. The minimum atomic E-state index is 0.420. The van der Waals surface area contributed by atoms with Crippen molar-refractivity contribution in [1.82, 2.24) is 4.98 Å². The van der Waals surface area contributed by atoms with Crippen molar-refractivity contribution in [3.05, 3.63) is 17.3 Å². The first-order valence-corrected chi connectivity index (χ1v) is 4.31. The fourth-order valence-corrected chi connectivity index (χ4v) is 1.25. The predicted molar refractivity (Wildman–Crippen MR) is 48.1 cm³/mol. The normalized spacial score (nSPS) is 11.1. The molecule has 0 unspecified atom stereocenters. The van der Waals surface area contributed by atoms with Gasteiger partial charge >= 0.3 is 0 Å². The van der Waals surface area contributed by atoms with Crippen LogP contribution in [0.15, 0.2) is 4.42 Å². The molecular weight excluding hydrogens is 152 g/mol. The third-order valence-electron chi connectivity index (χ3n) is 1.75. The SMILES string of the molecule is Cc1nc(C(C)C)c(CCN)o1. The Morgan fingerprint density at radius 3 is 2.67 bits per heavy atom. The minimum absolute atomic E-state index is 0.420. The molecular formula is C9H16N2O. The van der Waals surface area contributed by atoms with E-state index in [-0.39, 0.29) is 0 Å². The molecule has 0 saturated carbocycles. The van der Waals surface area contributed by atoms with Crippen LogP contribution >= 0.6 is 0 Å². The molecule has 0 radical (unpaired) electrons. The second-order valence-corrected chi connectivity index (χ2v) is 3.23. The first kappa shape index (κ1) is 9.26. The molecule has 1 aromatic rings. The number of hydrogen-bond donors (Lipinski definition) is 1. The Morgan fingerprint density at radius 2 is 2.17 bits per heavy atom. The van der Waals surface area contributed by atoms with Crippen molar-refractivity contribution in [2.24, 2.45) is 5.73 Å². The molecule has 0 aromatic carbocycles. The maximum atomic E-state index is 5.45. The molecule has 0 saturated heterocycles. The van der Waals surface area contributed by atoms with Crippen LogP contribution in [0.3, 0.4) is 0 Å². The summed E-state index contributed by atoms with van der Waals surface area (Å²) in [5.74, 6) is 2.11. The van der Waals surface area contributed by atoms with Crippen LogP contribution in [0.25, 0.3) is 0 Å². The summed E-state index contributed by atoms with van der Waals surface area (Å²) in [7, 11) is 0. The molecule has 1 aromatic heterocycles. The summed E-state index contributed by atoms with van der Waals surface area (Å²) in [6, 6.07) is 0. The van der Waals surface area contributed by atoms with Gasteiger partial charge in [0.2, 0.25) is 0 Å². The number of aromatic nitrogens is 1. The molecule has 3 heteroatoms. The number of rotatable bonds is 3. The van der Waals surface area contributed by atoms with E-state index in [4.69, 9.17) is 10.2 Å². The molecule has 1 heterocycles. The van der Waals surface area contributed by atoms with E-state index < -0.39 is 0 Å². The van der Waals surface area contributed by atoms with Gasteiger partial charge in [-0.15, -0.1) is 0 Å². The molecule has 3 nitrogen and oxygen atoms in total. The van der Waals surface area contributed by atoms with Crippen LogP contribution in [0.5, 0.6) is 0 Å². The molecule has 1 rings (SSSR count). The van der Waals surface area contributed by atoms with Gasteiger partial charge in [0.1, 0.15) is 5.76 Å². The highest BCUT2D eigenvalue weighted by Gasteiger charge is 2.12. The van der Waals surface area contributed by atoms with Crippen LogP contribution in [0, 0.1) is 6.92 Å². The van der Waals surface area contributed by atoms with E-state index in [1.807, 2.05) is 6.92 Å². The third-order valence-corrected chi connectivity index (χ3v) is 1.75. The highest BCUT2D eigenvalue weighted by atomic mass is 16.4. The molecule has 0 aliphatic carbocycles. The van der Waals surface area contributed by atoms with Gasteiger partial charge in [-0.2, -0.15) is 0 Å². The topological polar surface area (TPSA) is 52.0 Å². The van der Waals surface area contributed by atoms with Gasteiger partial charge in [-0.3, -0.25) is 0 Å². The van der Waals surface area contributed by atoms with Gasteiger partial charge in [-0.25, -0.2) is 4.98 Å². The van der Waals surface area contributed by atoms with E-state index in [0.29, 0.717) is 12.5 Å². The van der Waals surface area contributed by atoms with Crippen molar-refractivity contribution in [2.75, 3.05) is 6.54 Å². The molecule has 12 heavy (non-hydrogen) atoms. The van der Waals surface area contributed by atoms with Gasteiger partial charge in [0, 0.05) is 13.3 Å². The molecule has 0 amide bonds. The van der Waals surface area contributed by atoms with Crippen LogP contribution in [-0.4, -0.2) is 11.5 Å². The number of oxazole rings is 1. The fourth-order valence-electron chi connectivity index (χ4n) is 1.25. The summed E-state index contributed by atoms with van der Waals surface area (Å²) in [5.41, 5.74) is 6.50. The van der Waals surface area contributed by atoms with Crippen LogP contribution in [0.1, 0.15) is 37.1 Å². The summed E-state index contributed by atoms with van der Waals surface area (Å²) < 4.78 is 5.43. The van der Waals surface area contributed by atoms with Crippen molar-refractivity contribution in [2.45, 2.75) is 33.1 Å². The summed E-state index contributed by atoms with van der Waals surface area (Å²) in [5, 5.41) is 0. The molecule has 0 spiro atoms. The lowest BCUT2D eigenvalue weighted by molar-refractivity contribution is 0.473. The molecule has 0 atom stereocenters. The molecule has 68 valence electrons. The van der Waals surface area contributed by atoms with Crippen molar-refractivity contribution in [3.8, 4) is 0 Å². The van der Waals surface area contributed by atoms with E-state index in [0.717, 1.165) is 23.8 Å². The Bertz CT molecular complexity index is 253. The first-order valence-electron chi connectivity index (χ1n) is 4.31. The molecule has 0 aliphatic rings. The van der Waals surface area contributed by atoms with E-state index >= 15 is 0 Å². The van der Waals surface area contributed by atoms with E-state index in [9.17, 15) is 0 Å². The van der Waals surface area contributed by atoms with Gasteiger partial charge in [-0.1, -0.05) is 13.8 Å². The fraction of sp³-hybridized carbons (Fsp3) is 0.667. The minimum Gasteiger partial charge on any atom is -0.446 e. The van der Waals surface area contributed by atoms with Gasteiger partial charge in [0.05, 0.1) is 5.69 Å². The number of nitrogens with two attached hydrogens (primary N) is 1. The van der Waals surface area contributed by atoms with Gasteiger partial charge in [0.15, 0.2) is 5.89 Å². The molecule has 0 aliphatic heterocycles. The summed E-state index contributed by atoms with van der Waals surface area (Å²) in [6.07, 6.45) is 0.786. The third kappa shape index (κ3) is 1.85. The highest BCUT2D eigenvalue weighted by molar-refractivity contribution is 5.13. The largest absolute Gasteiger partial charge is 0.446 e. The Kier molecular flexibility index (Phi) is 2.87. The van der Waals surface area contributed by atoms with Crippen molar-refractivity contribution >= 4 is 0 Å². The zero-order chi connectivity index (χ0) is 9.14. The lowest BCUT2D eigenvalue weighted by atomic mass is 10.1. The molecule has 2 N–H and O–H groups in total. The van der Waals surface area contributed by atoms with Crippen molar-refractivity contribution in [1.29, 1.82) is 0 Å². The summed E-state index contributed by atoms with van der Waals surface area (Å²) in [4.78, 5) is 4.31. The zero-order valence-corrected chi connectivity index (χ0v) is 7.92. The Labute approximate surface area is 73.0 Å². The maximum Gasteiger partial charge on any atom is 0.191 e. The average Bonchev–Trinajstić information content (AvgIpc) is 2.32. The lowest BCUT2D eigenvalue weighted by Crippen LogP contribution is -2.04. The van der Waals surface area contributed by atoms with Crippen molar-refractivity contribution in [3.63, 3.8) is 0 Å². The zero-order valence-electron chi connectivity index (χ0n) is 7.92. The van der Waals surface area contributed by atoms with E-state index in [2.05, 4.69) is 18.8 Å². The summed E-state index contributed by atoms with van der Waals surface area (Å²) in [6.45, 7) is 6.70. The lowest BCUT2D eigenvalue weighted by Gasteiger charge is -2.01. The maximum absolute atomic E-state index is 5.45. The first-order chi connectivity index (χ1) is 5.65. The second-order valence-electron chi connectivity index (χ2n) is 3.23. The Hall–Kier alpha value is -0.830. The predicted octanol–water partition coefficient (Wildman–Crippen LogP) is 1.61. The van der Waals surface area contributed by atoms with Gasteiger partial charge < -0.3 is 10.2 Å². The van der Waals surface area contributed by atoms with Crippen LogP contribution in [-0.2, 0) is 6.42 Å².